The summed E-state index contributed by atoms with van der Waals surface area (Å²) in [7, 11) is 2.21. The molecule has 0 aromatic heterocycles. The van der Waals surface area contributed by atoms with Gasteiger partial charge in [-0.2, -0.15) is 0 Å². The molecule has 0 atom stereocenters. The molecule has 2 nitrogen and oxygen atoms in total. The predicted octanol–water partition coefficient (Wildman–Crippen LogP) is 2.89. The van der Waals surface area contributed by atoms with Gasteiger partial charge in [-0.05, 0) is 47.6 Å². The molecule has 2 heteroatoms. The highest BCUT2D eigenvalue weighted by Crippen LogP contribution is 2.15. The van der Waals surface area contributed by atoms with Crippen LogP contribution in [0, 0.1) is 0 Å². The molecule has 1 N–H and O–H groups in total. The quantitative estimate of drug-likeness (QED) is 0.701. The summed E-state index contributed by atoms with van der Waals surface area (Å²) in [4.78, 5) is 2.44. The van der Waals surface area contributed by atoms with Crippen LogP contribution in [0.15, 0.2) is 0 Å². The van der Waals surface area contributed by atoms with E-state index in [1.165, 1.54) is 12.8 Å². The minimum atomic E-state index is 0.275. The maximum atomic E-state index is 3.59. The lowest BCUT2D eigenvalue weighted by molar-refractivity contribution is 0.147. The van der Waals surface area contributed by atoms with Crippen LogP contribution in [0.25, 0.3) is 0 Å². The fraction of sp³-hybridized carbons (Fsp3) is 1.00. The molecule has 0 aromatic rings. The molecule has 92 valence electrons. The minimum Gasteiger partial charge on any atom is -0.311 e. The van der Waals surface area contributed by atoms with Crippen molar-refractivity contribution in [1.29, 1.82) is 0 Å². The number of rotatable bonds is 7. The van der Waals surface area contributed by atoms with Gasteiger partial charge >= 0.3 is 0 Å². The van der Waals surface area contributed by atoms with Gasteiger partial charge in [-0.1, -0.05) is 13.8 Å². The normalized spacial score (nSPS) is 13.6. The molecular formula is C13H30N2. The first-order valence-corrected chi connectivity index (χ1v) is 6.21. The Hall–Kier alpha value is -0.0800. The van der Waals surface area contributed by atoms with Crippen molar-refractivity contribution >= 4 is 0 Å². The smallest absolute Gasteiger partial charge is 0.0148 e. The first kappa shape index (κ1) is 14.9. The SMILES string of the molecule is CCC(C)(C)NCCN(C)C(C)(C)CC. The van der Waals surface area contributed by atoms with Gasteiger partial charge in [0, 0.05) is 24.2 Å². The number of hydrogen-bond donors (Lipinski definition) is 1. The molecule has 0 fully saturated rings. The standard InChI is InChI=1S/C13H30N2/c1-8-12(3,4)14-10-11-15(7)13(5,6)9-2/h14H,8-11H2,1-7H3. The van der Waals surface area contributed by atoms with Crippen LogP contribution >= 0.6 is 0 Å². The molecular weight excluding hydrogens is 184 g/mol. The lowest BCUT2D eigenvalue weighted by Crippen LogP contribution is -2.47. The third-order valence-electron chi connectivity index (χ3n) is 3.83. The summed E-state index contributed by atoms with van der Waals surface area (Å²) < 4.78 is 0. The van der Waals surface area contributed by atoms with Gasteiger partial charge in [0.25, 0.3) is 0 Å². The number of likely N-dealkylation sites (N-methyl/N-ethyl adjacent to an activating group) is 1. The lowest BCUT2D eigenvalue weighted by Gasteiger charge is -2.36. The Morgan fingerprint density at radius 1 is 1.00 bits per heavy atom. The molecule has 0 unspecified atom stereocenters. The molecule has 0 spiro atoms. The number of nitrogens with one attached hydrogen (secondary N) is 1. The Labute approximate surface area is 96.4 Å². The van der Waals surface area contributed by atoms with E-state index in [0.717, 1.165) is 13.1 Å². The van der Waals surface area contributed by atoms with Crippen LogP contribution in [-0.2, 0) is 0 Å². The zero-order chi connectivity index (χ0) is 12.1. The van der Waals surface area contributed by atoms with Crippen molar-refractivity contribution in [1.82, 2.24) is 10.2 Å². The molecule has 0 aliphatic carbocycles. The summed E-state index contributed by atoms with van der Waals surface area (Å²) >= 11 is 0. The van der Waals surface area contributed by atoms with Crippen LogP contribution in [0.4, 0.5) is 0 Å². The summed E-state index contributed by atoms with van der Waals surface area (Å²) in [6, 6.07) is 0. The van der Waals surface area contributed by atoms with Crippen molar-refractivity contribution in [2.75, 3.05) is 20.1 Å². The zero-order valence-electron chi connectivity index (χ0n) is 11.8. The van der Waals surface area contributed by atoms with Crippen molar-refractivity contribution in [3.8, 4) is 0 Å². The van der Waals surface area contributed by atoms with Gasteiger partial charge < -0.3 is 5.32 Å². The van der Waals surface area contributed by atoms with Gasteiger partial charge in [-0.25, -0.2) is 0 Å². The van der Waals surface area contributed by atoms with Gasteiger partial charge in [0.15, 0.2) is 0 Å². The molecule has 0 saturated carbocycles. The Morgan fingerprint density at radius 3 is 1.93 bits per heavy atom. The molecule has 0 saturated heterocycles. The molecule has 0 aromatic carbocycles. The van der Waals surface area contributed by atoms with E-state index in [0.29, 0.717) is 5.54 Å². The first-order chi connectivity index (χ1) is 6.75. The van der Waals surface area contributed by atoms with E-state index < -0.39 is 0 Å². The van der Waals surface area contributed by atoms with E-state index in [1.54, 1.807) is 0 Å². The highest BCUT2D eigenvalue weighted by molar-refractivity contribution is 4.80. The van der Waals surface area contributed by atoms with Crippen molar-refractivity contribution < 1.29 is 0 Å². The van der Waals surface area contributed by atoms with E-state index in [4.69, 9.17) is 0 Å². The Bertz CT molecular complexity index is 173. The number of nitrogens with zero attached hydrogens (tertiary/aromatic N) is 1. The topological polar surface area (TPSA) is 15.3 Å². The molecule has 0 amide bonds. The highest BCUT2D eigenvalue weighted by Gasteiger charge is 2.21. The van der Waals surface area contributed by atoms with Crippen molar-refractivity contribution in [2.24, 2.45) is 0 Å². The molecule has 0 aliphatic rings. The van der Waals surface area contributed by atoms with Crippen molar-refractivity contribution in [3.05, 3.63) is 0 Å². The summed E-state index contributed by atoms with van der Waals surface area (Å²) in [5.41, 5.74) is 0.592. The van der Waals surface area contributed by atoms with E-state index in [1.807, 2.05) is 0 Å². The predicted molar refractivity (Wildman–Crippen MR) is 69.4 cm³/mol. The fourth-order valence-corrected chi connectivity index (χ4v) is 1.26. The molecule has 0 rings (SSSR count). The molecule has 0 heterocycles. The maximum Gasteiger partial charge on any atom is 0.0148 e. The van der Waals surface area contributed by atoms with E-state index in [2.05, 4.69) is 58.8 Å². The third-order valence-corrected chi connectivity index (χ3v) is 3.83. The second-order valence-electron chi connectivity index (χ2n) is 5.75. The fourth-order valence-electron chi connectivity index (χ4n) is 1.26. The Morgan fingerprint density at radius 2 is 1.53 bits per heavy atom. The van der Waals surface area contributed by atoms with E-state index >= 15 is 0 Å². The molecule has 0 radical (unpaired) electrons. The first-order valence-electron chi connectivity index (χ1n) is 6.21. The van der Waals surface area contributed by atoms with Crippen molar-refractivity contribution in [3.63, 3.8) is 0 Å². The van der Waals surface area contributed by atoms with Crippen LogP contribution in [0.5, 0.6) is 0 Å². The summed E-state index contributed by atoms with van der Waals surface area (Å²) in [6.45, 7) is 15.8. The Kier molecular flexibility index (Phi) is 5.82. The molecule has 0 aliphatic heterocycles. The second-order valence-corrected chi connectivity index (χ2v) is 5.75. The minimum absolute atomic E-state index is 0.275. The average Bonchev–Trinajstić information content (AvgIpc) is 2.17. The van der Waals surface area contributed by atoms with Gasteiger partial charge in [0.05, 0.1) is 0 Å². The monoisotopic (exact) mass is 214 g/mol. The van der Waals surface area contributed by atoms with Crippen LogP contribution in [-0.4, -0.2) is 36.1 Å². The summed E-state index contributed by atoms with van der Waals surface area (Å²) in [5, 5.41) is 3.59. The maximum absolute atomic E-state index is 3.59. The second kappa shape index (κ2) is 5.86. The Balaban J connectivity index is 3.87. The van der Waals surface area contributed by atoms with Crippen LogP contribution in [0.1, 0.15) is 54.4 Å². The average molecular weight is 214 g/mol. The van der Waals surface area contributed by atoms with Gasteiger partial charge in [0.1, 0.15) is 0 Å². The van der Waals surface area contributed by atoms with Crippen LogP contribution < -0.4 is 5.32 Å². The zero-order valence-corrected chi connectivity index (χ0v) is 11.8. The molecule has 15 heavy (non-hydrogen) atoms. The van der Waals surface area contributed by atoms with Gasteiger partial charge in [0.2, 0.25) is 0 Å². The number of hydrogen-bond acceptors (Lipinski definition) is 2. The summed E-state index contributed by atoms with van der Waals surface area (Å²) in [5.74, 6) is 0. The van der Waals surface area contributed by atoms with Crippen LogP contribution in [0.3, 0.4) is 0 Å². The van der Waals surface area contributed by atoms with Gasteiger partial charge in [-0.3, -0.25) is 4.90 Å². The van der Waals surface area contributed by atoms with E-state index in [9.17, 15) is 0 Å². The molecule has 0 bridgehead atoms. The summed E-state index contributed by atoms with van der Waals surface area (Å²) in [6.07, 6.45) is 2.37. The largest absolute Gasteiger partial charge is 0.311 e. The third kappa shape index (κ3) is 5.53. The van der Waals surface area contributed by atoms with Crippen molar-refractivity contribution in [2.45, 2.75) is 65.5 Å². The van der Waals surface area contributed by atoms with E-state index in [-0.39, 0.29) is 5.54 Å². The van der Waals surface area contributed by atoms with Gasteiger partial charge in [-0.15, -0.1) is 0 Å². The highest BCUT2D eigenvalue weighted by atomic mass is 15.2. The van der Waals surface area contributed by atoms with Crippen LogP contribution in [0.2, 0.25) is 0 Å². The lowest BCUT2D eigenvalue weighted by atomic mass is 9.99.